The summed E-state index contributed by atoms with van der Waals surface area (Å²) >= 11 is 1.65. The molecular weight excluding hydrogens is 356 g/mol. The lowest BCUT2D eigenvalue weighted by Gasteiger charge is -2.28. The number of aryl methyl sites for hydroxylation is 1. The lowest BCUT2D eigenvalue weighted by atomic mass is 10.0. The summed E-state index contributed by atoms with van der Waals surface area (Å²) in [5.74, 6) is 0. The van der Waals surface area contributed by atoms with Crippen LogP contribution in [0.5, 0.6) is 0 Å². The molecule has 1 aliphatic heterocycles. The summed E-state index contributed by atoms with van der Waals surface area (Å²) in [6.07, 6.45) is 4.51. The molecule has 1 aliphatic rings. The molecule has 0 saturated carbocycles. The summed E-state index contributed by atoms with van der Waals surface area (Å²) in [6, 6.07) is 8.20. The molecular formula is C20H22N6S. The van der Waals surface area contributed by atoms with Crippen LogP contribution in [0.3, 0.4) is 0 Å². The summed E-state index contributed by atoms with van der Waals surface area (Å²) in [4.78, 5) is 17.3. The van der Waals surface area contributed by atoms with Crippen molar-refractivity contribution in [2.75, 3.05) is 32.6 Å². The highest BCUT2D eigenvalue weighted by molar-refractivity contribution is 7.18. The van der Waals surface area contributed by atoms with Crippen LogP contribution in [-0.2, 0) is 0 Å². The fourth-order valence-corrected chi connectivity index (χ4v) is 4.22. The Morgan fingerprint density at radius 3 is 2.78 bits per heavy atom. The molecule has 0 fully saturated rings. The van der Waals surface area contributed by atoms with E-state index in [1.807, 2.05) is 44.4 Å². The SMILES string of the molecule is Cc1nc(-c2cccnc2)sc1-c1ccc2c(n1)/C(=N/N(C)C)CCN2C. The molecule has 0 unspecified atom stereocenters. The van der Waals surface area contributed by atoms with Crippen LogP contribution in [0.1, 0.15) is 17.8 Å². The molecule has 7 heteroatoms. The van der Waals surface area contributed by atoms with Gasteiger partial charge in [0.1, 0.15) is 10.7 Å². The predicted octanol–water partition coefficient (Wildman–Crippen LogP) is 3.68. The van der Waals surface area contributed by atoms with Crippen molar-refractivity contribution in [1.29, 1.82) is 0 Å². The minimum absolute atomic E-state index is 0.890. The largest absolute Gasteiger partial charge is 0.372 e. The Balaban J connectivity index is 1.79. The Hall–Kier alpha value is -2.80. The number of anilines is 1. The molecule has 4 heterocycles. The molecule has 0 amide bonds. The molecule has 0 bridgehead atoms. The lowest BCUT2D eigenvalue weighted by molar-refractivity contribution is 0.436. The Morgan fingerprint density at radius 1 is 1.19 bits per heavy atom. The molecule has 138 valence electrons. The van der Waals surface area contributed by atoms with Gasteiger partial charge >= 0.3 is 0 Å². The maximum Gasteiger partial charge on any atom is 0.125 e. The molecule has 0 N–H and O–H groups in total. The van der Waals surface area contributed by atoms with E-state index in [4.69, 9.17) is 9.97 Å². The average Bonchev–Trinajstić information content (AvgIpc) is 3.06. The summed E-state index contributed by atoms with van der Waals surface area (Å²) in [6.45, 7) is 2.99. The van der Waals surface area contributed by atoms with Gasteiger partial charge in [0, 0.05) is 52.1 Å². The van der Waals surface area contributed by atoms with E-state index < -0.39 is 0 Å². The molecule has 3 aromatic heterocycles. The van der Waals surface area contributed by atoms with E-state index in [1.165, 1.54) is 0 Å². The minimum atomic E-state index is 0.890. The van der Waals surface area contributed by atoms with Crippen LogP contribution >= 0.6 is 11.3 Å². The van der Waals surface area contributed by atoms with E-state index in [0.29, 0.717) is 0 Å². The third-order valence-electron chi connectivity index (χ3n) is 4.50. The van der Waals surface area contributed by atoms with Crippen LogP contribution in [0.4, 0.5) is 5.69 Å². The molecule has 3 aromatic rings. The van der Waals surface area contributed by atoms with Gasteiger partial charge in [-0.15, -0.1) is 11.3 Å². The first-order valence-corrected chi connectivity index (χ1v) is 9.70. The van der Waals surface area contributed by atoms with E-state index in [2.05, 4.69) is 34.2 Å². The molecule has 0 saturated heterocycles. The Morgan fingerprint density at radius 2 is 2.04 bits per heavy atom. The molecule has 0 aliphatic carbocycles. The van der Waals surface area contributed by atoms with Crippen molar-refractivity contribution in [3.8, 4) is 21.1 Å². The molecule has 0 radical (unpaired) electrons. The van der Waals surface area contributed by atoms with Gasteiger partial charge in [-0.3, -0.25) is 4.98 Å². The highest BCUT2D eigenvalue weighted by Crippen LogP contribution is 2.36. The van der Waals surface area contributed by atoms with Crippen molar-refractivity contribution in [1.82, 2.24) is 20.0 Å². The zero-order chi connectivity index (χ0) is 19.0. The van der Waals surface area contributed by atoms with Gasteiger partial charge in [-0.25, -0.2) is 9.97 Å². The number of hydrogen-bond acceptors (Lipinski definition) is 7. The number of aromatic nitrogens is 3. The third kappa shape index (κ3) is 3.42. The number of thiazole rings is 1. The number of fused-ring (bicyclic) bond motifs is 1. The van der Waals surface area contributed by atoms with E-state index >= 15 is 0 Å². The zero-order valence-corrected chi connectivity index (χ0v) is 16.8. The Bertz CT molecular complexity index is 993. The molecule has 0 atom stereocenters. The maximum absolute atomic E-state index is 4.99. The zero-order valence-electron chi connectivity index (χ0n) is 16.0. The van der Waals surface area contributed by atoms with Crippen LogP contribution in [0.15, 0.2) is 41.8 Å². The van der Waals surface area contributed by atoms with E-state index in [1.54, 1.807) is 17.5 Å². The topological polar surface area (TPSA) is 57.5 Å². The van der Waals surface area contributed by atoms with Crippen molar-refractivity contribution in [2.45, 2.75) is 13.3 Å². The average molecular weight is 379 g/mol. The number of hydrazone groups is 1. The second-order valence-corrected chi connectivity index (χ2v) is 7.80. The van der Waals surface area contributed by atoms with Gasteiger partial charge in [0.25, 0.3) is 0 Å². The van der Waals surface area contributed by atoms with Crippen molar-refractivity contribution in [3.63, 3.8) is 0 Å². The van der Waals surface area contributed by atoms with Crippen molar-refractivity contribution in [2.24, 2.45) is 5.10 Å². The summed E-state index contributed by atoms with van der Waals surface area (Å²) < 4.78 is 0. The number of nitrogens with zero attached hydrogens (tertiary/aromatic N) is 6. The normalized spacial score (nSPS) is 15.1. The molecule has 4 rings (SSSR count). The van der Waals surface area contributed by atoms with Crippen molar-refractivity contribution < 1.29 is 0 Å². The van der Waals surface area contributed by atoms with Gasteiger partial charge in [0.2, 0.25) is 0 Å². The number of pyridine rings is 2. The van der Waals surface area contributed by atoms with Crippen LogP contribution in [0, 0.1) is 6.92 Å². The highest BCUT2D eigenvalue weighted by Gasteiger charge is 2.23. The summed E-state index contributed by atoms with van der Waals surface area (Å²) in [5.41, 5.74) is 6.09. The second kappa shape index (κ2) is 7.08. The van der Waals surface area contributed by atoms with Gasteiger partial charge in [-0.2, -0.15) is 5.10 Å². The van der Waals surface area contributed by atoms with E-state index in [-0.39, 0.29) is 0 Å². The predicted molar refractivity (Wildman–Crippen MR) is 111 cm³/mol. The Labute approximate surface area is 163 Å². The van der Waals surface area contributed by atoms with Crippen LogP contribution in [0.25, 0.3) is 21.1 Å². The molecule has 0 aromatic carbocycles. The smallest absolute Gasteiger partial charge is 0.125 e. The quantitative estimate of drug-likeness (QED) is 0.651. The first kappa shape index (κ1) is 17.6. The summed E-state index contributed by atoms with van der Waals surface area (Å²) in [7, 11) is 6.00. The van der Waals surface area contributed by atoms with Gasteiger partial charge in [0.15, 0.2) is 0 Å². The van der Waals surface area contributed by atoms with Crippen LogP contribution < -0.4 is 4.90 Å². The fourth-order valence-electron chi connectivity index (χ4n) is 3.20. The second-order valence-electron chi connectivity index (χ2n) is 6.80. The van der Waals surface area contributed by atoms with Crippen molar-refractivity contribution in [3.05, 3.63) is 48.0 Å². The minimum Gasteiger partial charge on any atom is -0.372 e. The molecule has 0 spiro atoms. The number of hydrogen-bond donors (Lipinski definition) is 0. The van der Waals surface area contributed by atoms with E-state index in [0.717, 1.165) is 56.9 Å². The standard InChI is InChI=1S/C20H22N6S/c1-13-19(27-20(22-13)14-6-5-10-21-12-14)16-7-8-17-18(23-16)15(24-25(2)3)9-11-26(17)4/h5-8,10,12H,9,11H2,1-4H3/b24-15+. The molecule has 27 heavy (non-hydrogen) atoms. The van der Waals surface area contributed by atoms with Crippen LogP contribution in [0.2, 0.25) is 0 Å². The molecule has 6 nitrogen and oxygen atoms in total. The van der Waals surface area contributed by atoms with Crippen molar-refractivity contribution >= 4 is 22.7 Å². The first-order valence-electron chi connectivity index (χ1n) is 8.88. The van der Waals surface area contributed by atoms with Gasteiger partial charge in [0.05, 0.1) is 27.7 Å². The van der Waals surface area contributed by atoms with Gasteiger partial charge < -0.3 is 9.91 Å². The maximum atomic E-state index is 4.99. The van der Waals surface area contributed by atoms with Gasteiger partial charge in [-0.1, -0.05) is 0 Å². The monoisotopic (exact) mass is 378 g/mol. The fraction of sp³-hybridized carbons (Fsp3) is 0.300. The van der Waals surface area contributed by atoms with E-state index in [9.17, 15) is 0 Å². The van der Waals surface area contributed by atoms with Crippen LogP contribution in [-0.4, -0.2) is 53.4 Å². The summed E-state index contributed by atoms with van der Waals surface area (Å²) in [5, 5.41) is 7.47. The first-order chi connectivity index (χ1) is 13.0. The highest BCUT2D eigenvalue weighted by atomic mass is 32.1. The Kier molecular flexibility index (Phi) is 4.61. The number of rotatable bonds is 3. The lowest BCUT2D eigenvalue weighted by Crippen LogP contribution is -2.30. The third-order valence-corrected chi connectivity index (χ3v) is 5.73. The van der Waals surface area contributed by atoms with Gasteiger partial charge in [-0.05, 0) is 31.2 Å².